The first kappa shape index (κ1) is 15.7. The second kappa shape index (κ2) is 6.91. The average Bonchev–Trinajstić information content (AvgIpc) is 2.99. The minimum atomic E-state index is 0.438. The summed E-state index contributed by atoms with van der Waals surface area (Å²) in [7, 11) is 1.68. The van der Waals surface area contributed by atoms with Crippen LogP contribution in [-0.4, -0.2) is 25.1 Å². The molecule has 0 saturated carbocycles. The molecule has 1 aliphatic rings. The Morgan fingerprint density at radius 3 is 2.59 bits per heavy atom. The zero-order valence-corrected chi connectivity index (χ0v) is 14.1. The van der Waals surface area contributed by atoms with Crippen LogP contribution in [0, 0.1) is 0 Å². The molecule has 2 nitrogen and oxygen atoms in total. The predicted octanol–water partition coefficient (Wildman–Crippen LogP) is 4.99. The number of hydrogen-bond acceptors (Lipinski definition) is 2. The highest BCUT2D eigenvalue weighted by atomic mass is 35.5. The lowest BCUT2D eigenvalue weighted by Gasteiger charge is -2.18. The molecular formula is C18H19Cl2NO. The Labute approximate surface area is 141 Å². The van der Waals surface area contributed by atoms with Gasteiger partial charge in [-0.1, -0.05) is 53.5 Å². The van der Waals surface area contributed by atoms with Gasteiger partial charge in [0.15, 0.2) is 0 Å². The van der Waals surface area contributed by atoms with Crippen LogP contribution in [0.1, 0.15) is 23.5 Å². The lowest BCUT2D eigenvalue weighted by molar-refractivity contribution is 0.325. The van der Waals surface area contributed by atoms with Gasteiger partial charge in [-0.15, -0.1) is 0 Å². The minimum absolute atomic E-state index is 0.438. The van der Waals surface area contributed by atoms with E-state index in [9.17, 15) is 0 Å². The molecular weight excluding hydrogens is 317 g/mol. The smallest absolute Gasteiger partial charge is 0.123 e. The molecule has 0 radical (unpaired) electrons. The first-order valence-corrected chi connectivity index (χ1v) is 8.22. The van der Waals surface area contributed by atoms with E-state index in [-0.39, 0.29) is 0 Å². The molecule has 116 valence electrons. The van der Waals surface area contributed by atoms with Crippen molar-refractivity contribution in [2.45, 2.75) is 18.9 Å². The molecule has 0 N–H and O–H groups in total. The van der Waals surface area contributed by atoms with Crippen LogP contribution in [0.5, 0.6) is 5.75 Å². The third-order valence-electron chi connectivity index (χ3n) is 4.23. The zero-order chi connectivity index (χ0) is 15.5. The maximum atomic E-state index is 6.19. The number of nitrogens with zero attached hydrogens (tertiary/aromatic N) is 1. The van der Waals surface area contributed by atoms with E-state index >= 15 is 0 Å². The van der Waals surface area contributed by atoms with Crippen molar-refractivity contribution < 1.29 is 4.74 Å². The van der Waals surface area contributed by atoms with Gasteiger partial charge < -0.3 is 4.74 Å². The number of halogens is 2. The Balaban J connectivity index is 1.74. The van der Waals surface area contributed by atoms with Crippen molar-refractivity contribution in [1.29, 1.82) is 0 Å². The first-order chi connectivity index (χ1) is 10.7. The molecule has 1 heterocycles. The highest BCUT2D eigenvalue weighted by molar-refractivity contribution is 6.42. The van der Waals surface area contributed by atoms with Crippen LogP contribution in [0.25, 0.3) is 0 Å². The molecule has 1 saturated heterocycles. The Bertz CT molecular complexity index is 645. The van der Waals surface area contributed by atoms with Crippen molar-refractivity contribution in [3.63, 3.8) is 0 Å². The molecule has 1 atom stereocenters. The molecule has 1 unspecified atom stereocenters. The van der Waals surface area contributed by atoms with Gasteiger partial charge in [-0.2, -0.15) is 0 Å². The Morgan fingerprint density at radius 2 is 1.86 bits per heavy atom. The summed E-state index contributed by atoms with van der Waals surface area (Å²) in [4.78, 5) is 2.47. The summed E-state index contributed by atoms with van der Waals surface area (Å²) in [6.45, 7) is 3.09. The summed E-state index contributed by atoms with van der Waals surface area (Å²) in [6, 6.07) is 14.4. The van der Waals surface area contributed by atoms with Gasteiger partial charge in [-0.3, -0.25) is 4.90 Å². The minimum Gasteiger partial charge on any atom is -0.496 e. The molecule has 2 aromatic carbocycles. The summed E-state index contributed by atoms with van der Waals surface area (Å²) in [5.74, 6) is 1.27. The topological polar surface area (TPSA) is 12.5 Å². The van der Waals surface area contributed by atoms with Crippen LogP contribution in [0.4, 0.5) is 0 Å². The molecule has 2 aromatic rings. The fourth-order valence-electron chi connectivity index (χ4n) is 3.11. The standard InChI is InChI=1S/C18H19Cl2NO/c1-22-18-10-17(20)16(19)9-15(18)14-7-8-21(12-14)11-13-5-3-2-4-6-13/h2-6,9-10,14H,7-8,11-12H2,1H3. The molecule has 1 fully saturated rings. The fourth-order valence-corrected chi connectivity index (χ4v) is 3.44. The number of ether oxygens (including phenoxy) is 1. The van der Waals surface area contributed by atoms with E-state index in [0.29, 0.717) is 16.0 Å². The third kappa shape index (κ3) is 3.40. The lowest BCUT2D eigenvalue weighted by atomic mass is 9.97. The molecule has 1 aliphatic heterocycles. The van der Waals surface area contributed by atoms with Crippen LogP contribution in [0.3, 0.4) is 0 Å². The number of benzene rings is 2. The van der Waals surface area contributed by atoms with E-state index < -0.39 is 0 Å². The van der Waals surface area contributed by atoms with Gasteiger partial charge in [0.05, 0.1) is 17.2 Å². The van der Waals surface area contributed by atoms with Crippen molar-refractivity contribution in [1.82, 2.24) is 4.90 Å². The van der Waals surface area contributed by atoms with Crippen LogP contribution < -0.4 is 4.74 Å². The van der Waals surface area contributed by atoms with Crippen molar-refractivity contribution >= 4 is 23.2 Å². The number of methoxy groups -OCH3 is 1. The Kier molecular flexibility index (Phi) is 4.92. The second-order valence-corrected chi connectivity index (χ2v) is 6.53. The van der Waals surface area contributed by atoms with E-state index in [0.717, 1.165) is 37.4 Å². The summed E-state index contributed by atoms with van der Waals surface area (Å²) < 4.78 is 5.49. The maximum absolute atomic E-state index is 6.19. The average molecular weight is 336 g/mol. The number of hydrogen-bond donors (Lipinski definition) is 0. The van der Waals surface area contributed by atoms with Crippen LogP contribution in [0.15, 0.2) is 42.5 Å². The number of rotatable bonds is 4. The van der Waals surface area contributed by atoms with Crippen molar-refractivity contribution in [2.75, 3.05) is 20.2 Å². The normalized spacial score (nSPS) is 18.6. The monoisotopic (exact) mass is 335 g/mol. The molecule has 22 heavy (non-hydrogen) atoms. The highest BCUT2D eigenvalue weighted by Gasteiger charge is 2.26. The SMILES string of the molecule is COc1cc(Cl)c(Cl)cc1C1CCN(Cc2ccccc2)C1. The molecule has 4 heteroatoms. The number of likely N-dealkylation sites (tertiary alicyclic amines) is 1. The zero-order valence-electron chi connectivity index (χ0n) is 12.6. The van der Waals surface area contributed by atoms with E-state index in [1.807, 2.05) is 12.1 Å². The summed E-state index contributed by atoms with van der Waals surface area (Å²) >= 11 is 12.3. The molecule has 0 amide bonds. The van der Waals surface area contributed by atoms with E-state index in [1.54, 1.807) is 7.11 Å². The van der Waals surface area contributed by atoms with Crippen LogP contribution in [-0.2, 0) is 6.54 Å². The Morgan fingerprint density at radius 1 is 1.14 bits per heavy atom. The quantitative estimate of drug-likeness (QED) is 0.780. The van der Waals surface area contributed by atoms with Crippen LogP contribution in [0.2, 0.25) is 10.0 Å². The van der Waals surface area contributed by atoms with Crippen molar-refractivity contribution in [3.05, 3.63) is 63.6 Å². The summed E-state index contributed by atoms with van der Waals surface area (Å²) in [5, 5.41) is 1.14. The van der Waals surface area contributed by atoms with Gasteiger partial charge in [0.25, 0.3) is 0 Å². The van der Waals surface area contributed by atoms with Gasteiger partial charge in [0.2, 0.25) is 0 Å². The summed E-state index contributed by atoms with van der Waals surface area (Å²) in [5.41, 5.74) is 2.51. The fraction of sp³-hybridized carbons (Fsp3) is 0.333. The van der Waals surface area contributed by atoms with Crippen LogP contribution >= 0.6 is 23.2 Å². The van der Waals surface area contributed by atoms with E-state index in [2.05, 4.69) is 35.2 Å². The van der Waals surface area contributed by atoms with Gasteiger partial charge >= 0.3 is 0 Å². The third-order valence-corrected chi connectivity index (χ3v) is 4.96. The lowest BCUT2D eigenvalue weighted by Crippen LogP contribution is -2.19. The second-order valence-electron chi connectivity index (χ2n) is 5.71. The Hall–Kier alpha value is -1.22. The molecule has 0 aromatic heterocycles. The maximum Gasteiger partial charge on any atom is 0.123 e. The van der Waals surface area contributed by atoms with Crippen molar-refractivity contribution in [2.24, 2.45) is 0 Å². The van der Waals surface area contributed by atoms with Crippen molar-refractivity contribution in [3.8, 4) is 5.75 Å². The van der Waals surface area contributed by atoms with Gasteiger partial charge in [0.1, 0.15) is 5.75 Å². The molecule has 0 bridgehead atoms. The summed E-state index contributed by atoms with van der Waals surface area (Å²) in [6.07, 6.45) is 1.11. The van der Waals surface area contributed by atoms with Gasteiger partial charge in [-0.25, -0.2) is 0 Å². The highest BCUT2D eigenvalue weighted by Crippen LogP contribution is 2.38. The first-order valence-electron chi connectivity index (χ1n) is 7.46. The largest absolute Gasteiger partial charge is 0.496 e. The molecule has 0 aliphatic carbocycles. The van der Waals surface area contributed by atoms with E-state index in [4.69, 9.17) is 27.9 Å². The van der Waals surface area contributed by atoms with E-state index in [1.165, 1.54) is 5.56 Å². The predicted molar refractivity (Wildman–Crippen MR) is 92.1 cm³/mol. The molecule has 3 rings (SSSR count). The molecule has 0 spiro atoms. The van der Waals surface area contributed by atoms with Gasteiger partial charge in [0, 0.05) is 30.6 Å². The van der Waals surface area contributed by atoms with Gasteiger partial charge in [-0.05, 0) is 24.6 Å².